The highest BCUT2D eigenvalue weighted by molar-refractivity contribution is 6.33. The van der Waals surface area contributed by atoms with E-state index < -0.39 is 0 Å². The molecule has 0 spiro atoms. The van der Waals surface area contributed by atoms with E-state index in [4.69, 9.17) is 11.6 Å². The lowest BCUT2D eigenvalue weighted by Gasteiger charge is -2.09. The maximum Gasteiger partial charge on any atom is 0.257 e. The summed E-state index contributed by atoms with van der Waals surface area (Å²) in [6, 6.07) is 7.76. The van der Waals surface area contributed by atoms with Crippen molar-refractivity contribution < 1.29 is 0 Å². The Hall–Kier alpha value is -3.25. The molecule has 0 atom stereocenters. The van der Waals surface area contributed by atoms with E-state index in [1.165, 1.54) is 0 Å². The van der Waals surface area contributed by atoms with Gasteiger partial charge in [-0.15, -0.1) is 0 Å². The first-order chi connectivity index (χ1) is 14.5. The van der Waals surface area contributed by atoms with Crippen molar-refractivity contribution in [3.8, 4) is 11.1 Å². The second-order valence-corrected chi connectivity index (χ2v) is 7.66. The number of anilines is 1. The number of H-pyrrole nitrogens is 1. The summed E-state index contributed by atoms with van der Waals surface area (Å²) in [5.41, 5.74) is 3.83. The van der Waals surface area contributed by atoms with Crippen molar-refractivity contribution in [3.05, 3.63) is 70.1 Å². The van der Waals surface area contributed by atoms with Gasteiger partial charge >= 0.3 is 0 Å². The zero-order chi connectivity index (χ0) is 21.3. The fourth-order valence-electron chi connectivity index (χ4n) is 3.10. The van der Waals surface area contributed by atoms with Crippen LogP contribution in [0, 0.1) is 0 Å². The predicted octanol–water partition coefficient (Wildman–Crippen LogP) is 5.22. The molecule has 0 unspecified atom stereocenters. The van der Waals surface area contributed by atoms with Gasteiger partial charge in [0, 0.05) is 45.0 Å². The highest BCUT2D eigenvalue weighted by Crippen LogP contribution is 2.31. The Morgan fingerprint density at radius 2 is 2.13 bits per heavy atom. The normalized spacial score (nSPS) is 14.8. The third-order valence-corrected chi connectivity index (χ3v) is 5.24. The molecule has 6 nitrogen and oxygen atoms in total. The van der Waals surface area contributed by atoms with Gasteiger partial charge < -0.3 is 10.3 Å². The fourth-order valence-corrected chi connectivity index (χ4v) is 3.38. The highest BCUT2D eigenvalue weighted by Gasteiger charge is 2.22. The molecule has 2 N–H and O–H groups in total. The molecule has 0 radical (unpaired) electrons. The van der Waals surface area contributed by atoms with Crippen LogP contribution in [0.3, 0.4) is 0 Å². The van der Waals surface area contributed by atoms with E-state index in [1.54, 1.807) is 18.3 Å². The Bertz CT molecular complexity index is 1250. The van der Waals surface area contributed by atoms with Gasteiger partial charge in [0.2, 0.25) is 5.95 Å². The number of aromatic nitrogens is 3. The average molecular weight is 420 g/mol. The molecule has 1 aromatic carbocycles. The first-order valence-electron chi connectivity index (χ1n) is 9.79. The van der Waals surface area contributed by atoms with E-state index in [-0.39, 0.29) is 5.56 Å². The predicted molar refractivity (Wildman–Crippen MR) is 124 cm³/mol. The zero-order valence-corrected chi connectivity index (χ0v) is 17.6. The zero-order valence-electron chi connectivity index (χ0n) is 16.9. The minimum absolute atomic E-state index is 0.250. The van der Waals surface area contributed by atoms with Gasteiger partial charge in [-0.25, -0.2) is 4.98 Å². The molecule has 2 aromatic heterocycles. The quantitative estimate of drug-likeness (QED) is 0.536. The monoisotopic (exact) mass is 419 g/mol. The molecule has 4 rings (SSSR count). The number of aliphatic imine (C=N–C) groups is 1. The Morgan fingerprint density at radius 1 is 1.33 bits per heavy atom. The van der Waals surface area contributed by atoms with Crippen LogP contribution in [-0.2, 0) is 0 Å². The van der Waals surface area contributed by atoms with E-state index >= 15 is 0 Å². The van der Waals surface area contributed by atoms with Crippen molar-refractivity contribution in [2.45, 2.75) is 32.7 Å². The molecule has 1 saturated carbocycles. The van der Waals surface area contributed by atoms with Crippen molar-refractivity contribution >= 4 is 40.0 Å². The number of allylic oxidation sites excluding steroid dienone is 2. The summed E-state index contributed by atoms with van der Waals surface area (Å²) in [6.07, 6.45) is 7.56. The lowest BCUT2D eigenvalue weighted by molar-refractivity contribution is 1.06. The summed E-state index contributed by atoms with van der Waals surface area (Å²) in [7, 11) is 0. The standard InChI is InChI=1S/C23H22ClN5O/c1-4-13(3)26-20(5-2)14-6-9-17(19(24)11-14)18-10-15-12-25-23(27-16-7-8-16)29-21(15)28-22(18)30/h4-6,9-12,16H,1,7-8H2,2-3H3,(H2,25,27,28,29,30)/b20-5-,26-13?. The Morgan fingerprint density at radius 3 is 2.80 bits per heavy atom. The number of benzene rings is 1. The topological polar surface area (TPSA) is 83.0 Å². The first kappa shape index (κ1) is 20.0. The van der Waals surface area contributed by atoms with Crippen LogP contribution in [0.4, 0.5) is 5.95 Å². The van der Waals surface area contributed by atoms with Crippen LogP contribution < -0.4 is 10.9 Å². The van der Waals surface area contributed by atoms with Crippen molar-refractivity contribution in [1.82, 2.24) is 15.0 Å². The first-order valence-corrected chi connectivity index (χ1v) is 10.2. The lowest BCUT2D eigenvalue weighted by atomic mass is 10.0. The van der Waals surface area contributed by atoms with Gasteiger partial charge in [-0.05, 0) is 44.9 Å². The van der Waals surface area contributed by atoms with Crippen molar-refractivity contribution in [2.24, 2.45) is 4.99 Å². The van der Waals surface area contributed by atoms with Gasteiger partial charge in [0.15, 0.2) is 0 Å². The summed E-state index contributed by atoms with van der Waals surface area (Å²) in [5.74, 6) is 0.532. The molecular weight excluding hydrogens is 398 g/mol. The maximum atomic E-state index is 12.8. The minimum Gasteiger partial charge on any atom is -0.351 e. The van der Waals surface area contributed by atoms with Gasteiger partial charge in [0.1, 0.15) is 5.65 Å². The summed E-state index contributed by atoms with van der Waals surface area (Å²) < 4.78 is 0. The number of fused-ring (bicyclic) bond motifs is 1. The number of hydrogen-bond acceptors (Lipinski definition) is 5. The van der Waals surface area contributed by atoms with Crippen LogP contribution in [0.5, 0.6) is 0 Å². The molecule has 0 amide bonds. The summed E-state index contributed by atoms with van der Waals surface area (Å²) in [4.78, 5) is 28.9. The van der Waals surface area contributed by atoms with Crippen molar-refractivity contribution in [3.63, 3.8) is 0 Å². The van der Waals surface area contributed by atoms with Crippen molar-refractivity contribution in [1.29, 1.82) is 0 Å². The summed E-state index contributed by atoms with van der Waals surface area (Å²) in [5, 5.41) is 4.45. The second-order valence-electron chi connectivity index (χ2n) is 7.25. The smallest absolute Gasteiger partial charge is 0.257 e. The Labute approximate surface area is 179 Å². The molecule has 1 fully saturated rings. The second kappa shape index (κ2) is 8.24. The van der Waals surface area contributed by atoms with E-state index in [2.05, 4.69) is 31.8 Å². The van der Waals surface area contributed by atoms with E-state index in [9.17, 15) is 4.79 Å². The number of nitrogens with zero attached hydrogens (tertiary/aromatic N) is 3. The molecule has 0 saturated heterocycles. The van der Waals surface area contributed by atoms with E-state index in [0.29, 0.717) is 33.8 Å². The van der Waals surface area contributed by atoms with Gasteiger partial charge in [-0.3, -0.25) is 9.79 Å². The number of pyridine rings is 1. The molecule has 1 aliphatic carbocycles. The number of halogens is 1. The minimum atomic E-state index is -0.250. The summed E-state index contributed by atoms with van der Waals surface area (Å²) in [6.45, 7) is 7.53. The average Bonchev–Trinajstić information content (AvgIpc) is 3.55. The molecule has 1 aliphatic rings. The summed E-state index contributed by atoms with van der Waals surface area (Å²) >= 11 is 6.56. The maximum absolute atomic E-state index is 12.8. The number of nitrogens with one attached hydrogen (secondary N) is 2. The lowest BCUT2D eigenvalue weighted by Crippen LogP contribution is -2.12. The number of aromatic amines is 1. The van der Waals surface area contributed by atoms with Crippen LogP contribution in [0.2, 0.25) is 5.02 Å². The van der Waals surface area contributed by atoms with Crippen LogP contribution in [-0.4, -0.2) is 26.7 Å². The van der Waals surface area contributed by atoms with Crippen LogP contribution in [0.25, 0.3) is 27.9 Å². The third-order valence-electron chi connectivity index (χ3n) is 4.92. The van der Waals surface area contributed by atoms with E-state index in [0.717, 1.165) is 35.2 Å². The Kier molecular flexibility index (Phi) is 5.50. The number of hydrogen-bond donors (Lipinski definition) is 2. The largest absolute Gasteiger partial charge is 0.351 e. The molecule has 2 heterocycles. The van der Waals surface area contributed by atoms with Crippen molar-refractivity contribution in [2.75, 3.05) is 5.32 Å². The highest BCUT2D eigenvalue weighted by atomic mass is 35.5. The molecule has 3 aromatic rings. The van der Waals surface area contributed by atoms with Gasteiger partial charge in [0.05, 0.1) is 5.70 Å². The molecule has 7 heteroatoms. The Balaban J connectivity index is 1.71. The van der Waals surface area contributed by atoms with E-state index in [1.807, 2.05) is 38.1 Å². The molecule has 0 bridgehead atoms. The van der Waals surface area contributed by atoms with Gasteiger partial charge in [0.25, 0.3) is 5.56 Å². The molecule has 0 aliphatic heterocycles. The number of rotatable bonds is 6. The van der Waals surface area contributed by atoms with Gasteiger partial charge in [-0.1, -0.05) is 36.4 Å². The molecular formula is C23H22ClN5O. The molecule has 152 valence electrons. The van der Waals surface area contributed by atoms with Crippen LogP contribution in [0.15, 0.2) is 59.0 Å². The third kappa shape index (κ3) is 4.19. The molecule has 30 heavy (non-hydrogen) atoms. The van der Waals surface area contributed by atoms with Crippen LogP contribution in [0.1, 0.15) is 32.3 Å². The SMILES string of the molecule is C=CC(C)=N/C(=C\C)c1ccc(-c2cc3cnc(NC4CC4)nc3[nH]c2=O)c(Cl)c1. The fraction of sp³-hybridized carbons (Fsp3) is 0.217. The van der Waals surface area contributed by atoms with Gasteiger partial charge in [-0.2, -0.15) is 4.98 Å². The van der Waals surface area contributed by atoms with Crippen LogP contribution >= 0.6 is 11.6 Å².